The Labute approximate surface area is 140 Å². The van der Waals surface area contributed by atoms with E-state index < -0.39 is 17.7 Å². The van der Waals surface area contributed by atoms with E-state index in [-0.39, 0.29) is 67.5 Å². The van der Waals surface area contributed by atoms with Crippen LogP contribution in [0.2, 0.25) is 0 Å². The Hall–Kier alpha value is 0.0300. The van der Waals surface area contributed by atoms with Crippen LogP contribution in [0.3, 0.4) is 0 Å². The zero-order valence-corrected chi connectivity index (χ0v) is 13.5. The third-order valence-corrected chi connectivity index (χ3v) is 1.48. The van der Waals surface area contributed by atoms with Gasteiger partial charge in [-0.25, -0.2) is 9.59 Å². The molecule has 0 amide bonds. The molecule has 0 heterocycles. The van der Waals surface area contributed by atoms with Gasteiger partial charge in [0.1, 0.15) is 0 Å². The van der Waals surface area contributed by atoms with Gasteiger partial charge in [-0.3, -0.25) is 4.79 Å². The van der Waals surface area contributed by atoms with Crippen LogP contribution in [0.5, 0.6) is 0 Å². The number of esters is 2. The van der Waals surface area contributed by atoms with E-state index in [9.17, 15) is 14.4 Å². The molecule has 4 nitrogen and oxygen atoms in total. The number of benzene rings is 1. The Bertz CT molecular complexity index is 385. The molecule has 76 valence electrons. The SMILES string of the molecule is CC(=O)C(=O)OC(=O)c1ccccc1.[H-].[H-].[Na+].[Na+]. The number of ether oxygens (including phenoxy) is 1. The number of carbonyl (C=O) groups excluding carboxylic acids is 3. The number of hydrogen-bond donors (Lipinski definition) is 0. The second kappa shape index (κ2) is 9.10. The largest absolute Gasteiger partial charge is 1.00 e. The summed E-state index contributed by atoms with van der Waals surface area (Å²) in [5.41, 5.74) is 0.238. The van der Waals surface area contributed by atoms with Gasteiger partial charge in [-0.2, -0.15) is 0 Å². The van der Waals surface area contributed by atoms with Gasteiger partial charge in [0.25, 0.3) is 0 Å². The van der Waals surface area contributed by atoms with Gasteiger partial charge in [0, 0.05) is 6.92 Å². The average Bonchev–Trinajstić information content (AvgIpc) is 2.19. The normalized spacial score (nSPS) is 8.06. The summed E-state index contributed by atoms with van der Waals surface area (Å²) in [4.78, 5) is 32.4. The van der Waals surface area contributed by atoms with Crippen molar-refractivity contribution >= 4 is 17.7 Å². The van der Waals surface area contributed by atoms with Gasteiger partial charge in [0.05, 0.1) is 5.56 Å². The number of hydrogen-bond acceptors (Lipinski definition) is 4. The summed E-state index contributed by atoms with van der Waals surface area (Å²) in [6.45, 7) is 1.04. The third kappa shape index (κ3) is 5.94. The molecule has 0 saturated heterocycles. The van der Waals surface area contributed by atoms with Crippen LogP contribution >= 0.6 is 0 Å². The summed E-state index contributed by atoms with van der Waals surface area (Å²) in [5, 5.41) is 0. The van der Waals surface area contributed by atoms with Crippen LogP contribution in [0.1, 0.15) is 20.1 Å². The van der Waals surface area contributed by atoms with Gasteiger partial charge in [0.2, 0.25) is 5.78 Å². The number of carbonyl (C=O) groups is 3. The molecule has 0 radical (unpaired) electrons. The third-order valence-electron chi connectivity index (χ3n) is 1.48. The van der Waals surface area contributed by atoms with Crippen molar-refractivity contribution in [2.45, 2.75) is 6.92 Å². The molecule has 0 unspecified atom stereocenters. The van der Waals surface area contributed by atoms with Gasteiger partial charge in [0.15, 0.2) is 0 Å². The van der Waals surface area contributed by atoms with Crippen LogP contribution in [-0.4, -0.2) is 17.7 Å². The van der Waals surface area contributed by atoms with E-state index in [4.69, 9.17) is 0 Å². The predicted molar refractivity (Wildman–Crippen MR) is 49.8 cm³/mol. The Morgan fingerprint density at radius 2 is 1.56 bits per heavy atom. The van der Waals surface area contributed by atoms with Crippen LogP contribution in [0.15, 0.2) is 30.3 Å². The molecule has 0 saturated carbocycles. The second-order valence-electron chi connectivity index (χ2n) is 2.60. The maximum absolute atomic E-state index is 11.2. The molecular formula is C10H10Na2O4. The molecule has 6 heteroatoms. The zero-order chi connectivity index (χ0) is 10.6. The number of ketones is 1. The van der Waals surface area contributed by atoms with E-state index in [1.807, 2.05) is 0 Å². The van der Waals surface area contributed by atoms with E-state index in [0.29, 0.717) is 0 Å². The Morgan fingerprint density at radius 1 is 1.06 bits per heavy atom. The molecule has 0 bridgehead atoms. The van der Waals surface area contributed by atoms with Crippen molar-refractivity contribution in [2.24, 2.45) is 0 Å². The van der Waals surface area contributed by atoms with Gasteiger partial charge >= 0.3 is 71.1 Å². The summed E-state index contributed by atoms with van der Waals surface area (Å²) in [6, 6.07) is 7.98. The molecule has 0 atom stereocenters. The molecule has 0 aliphatic carbocycles. The van der Waals surface area contributed by atoms with Crippen molar-refractivity contribution in [2.75, 3.05) is 0 Å². The minimum atomic E-state index is -1.14. The van der Waals surface area contributed by atoms with Crippen LogP contribution in [0.4, 0.5) is 0 Å². The molecule has 0 N–H and O–H groups in total. The molecular weight excluding hydrogens is 230 g/mol. The maximum Gasteiger partial charge on any atom is 1.00 e. The smallest absolute Gasteiger partial charge is 1.00 e. The van der Waals surface area contributed by atoms with E-state index >= 15 is 0 Å². The second-order valence-corrected chi connectivity index (χ2v) is 2.60. The van der Waals surface area contributed by atoms with Gasteiger partial charge in [-0.1, -0.05) is 18.2 Å². The molecule has 0 fully saturated rings. The molecule has 0 aromatic heterocycles. The van der Waals surface area contributed by atoms with Crippen molar-refractivity contribution < 1.29 is 81.1 Å². The summed E-state index contributed by atoms with van der Waals surface area (Å²) in [6.07, 6.45) is 0. The quantitative estimate of drug-likeness (QED) is 0.225. The number of Topliss-reactive ketones (excluding diaryl/α,β-unsaturated/α-hetero) is 1. The first kappa shape index (κ1) is 18.4. The summed E-state index contributed by atoms with van der Waals surface area (Å²) in [7, 11) is 0. The molecule has 0 aliphatic rings. The monoisotopic (exact) mass is 240 g/mol. The van der Waals surface area contributed by atoms with Crippen LogP contribution in [0, 0.1) is 0 Å². The van der Waals surface area contributed by atoms with Crippen LogP contribution < -0.4 is 59.1 Å². The van der Waals surface area contributed by atoms with Crippen molar-refractivity contribution in [3.63, 3.8) is 0 Å². The number of rotatable bonds is 2. The van der Waals surface area contributed by atoms with E-state index in [1.165, 1.54) is 12.1 Å². The fourth-order valence-electron chi connectivity index (χ4n) is 0.789. The fraction of sp³-hybridized carbons (Fsp3) is 0.100. The first-order valence-electron chi connectivity index (χ1n) is 3.93. The summed E-state index contributed by atoms with van der Waals surface area (Å²) in [5.74, 6) is -2.75. The first-order valence-corrected chi connectivity index (χ1v) is 3.93. The fourth-order valence-corrected chi connectivity index (χ4v) is 0.789. The molecule has 1 aromatic rings. The van der Waals surface area contributed by atoms with Crippen LogP contribution in [-0.2, 0) is 14.3 Å². The minimum Gasteiger partial charge on any atom is -1.00 e. The molecule has 16 heavy (non-hydrogen) atoms. The standard InChI is InChI=1S/C10H8O4.2Na.2H/c1-7(11)9(12)14-10(13)8-5-3-2-4-6-8;;;;/h2-6H,1H3;;;;/q;2*+1;2*-1. The maximum atomic E-state index is 11.2. The van der Waals surface area contributed by atoms with Crippen molar-refractivity contribution in [1.29, 1.82) is 0 Å². The molecule has 0 spiro atoms. The van der Waals surface area contributed by atoms with Crippen molar-refractivity contribution in [1.82, 2.24) is 0 Å². The van der Waals surface area contributed by atoms with Crippen molar-refractivity contribution in [3.8, 4) is 0 Å². The van der Waals surface area contributed by atoms with Gasteiger partial charge in [-0.05, 0) is 12.1 Å². The predicted octanol–water partition coefficient (Wildman–Crippen LogP) is -4.81. The van der Waals surface area contributed by atoms with Crippen LogP contribution in [0.25, 0.3) is 0 Å². The summed E-state index contributed by atoms with van der Waals surface area (Å²) >= 11 is 0. The van der Waals surface area contributed by atoms with Crippen molar-refractivity contribution in [3.05, 3.63) is 35.9 Å². The molecule has 1 rings (SSSR count). The Kier molecular flexibility index (Phi) is 10.5. The first-order chi connectivity index (χ1) is 6.61. The van der Waals surface area contributed by atoms with Gasteiger partial charge < -0.3 is 7.59 Å². The Balaban J connectivity index is -0.000000245. The molecule has 1 aromatic carbocycles. The topological polar surface area (TPSA) is 60.4 Å². The Morgan fingerprint density at radius 3 is 2.00 bits per heavy atom. The zero-order valence-electron chi connectivity index (χ0n) is 11.5. The minimum absolute atomic E-state index is 0. The van der Waals surface area contributed by atoms with E-state index in [2.05, 4.69) is 4.74 Å². The van der Waals surface area contributed by atoms with E-state index in [1.54, 1.807) is 18.2 Å². The van der Waals surface area contributed by atoms with E-state index in [0.717, 1.165) is 6.92 Å². The van der Waals surface area contributed by atoms with Gasteiger partial charge in [-0.15, -0.1) is 0 Å². The average molecular weight is 240 g/mol. The summed E-state index contributed by atoms with van der Waals surface area (Å²) < 4.78 is 4.27. The molecule has 0 aliphatic heterocycles.